The number of likely N-dealkylation sites (N-methyl/N-ethyl adjacent to an activating group) is 1. The third-order valence-corrected chi connectivity index (χ3v) is 3.34. The summed E-state index contributed by atoms with van der Waals surface area (Å²) in [6, 6.07) is 7.50. The van der Waals surface area contributed by atoms with E-state index in [2.05, 4.69) is 13.2 Å². The highest BCUT2D eigenvalue weighted by Gasteiger charge is 2.12. The number of hydroxylamine groups is 2. The predicted molar refractivity (Wildman–Crippen MR) is 84.5 cm³/mol. The van der Waals surface area contributed by atoms with E-state index < -0.39 is 0 Å². The van der Waals surface area contributed by atoms with Crippen LogP contribution in [0.2, 0.25) is 5.02 Å². The van der Waals surface area contributed by atoms with Crippen LogP contribution in [0.5, 0.6) is 0 Å². The number of hydrogen-bond donors (Lipinski definition) is 2. The molecule has 20 heavy (non-hydrogen) atoms. The van der Waals surface area contributed by atoms with Gasteiger partial charge in [-0.15, -0.1) is 0 Å². The number of rotatable bonds is 6. The third-order valence-electron chi connectivity index (χ3n) is 3.09. The van der Waals surface area contributed by atoms with E-state index in [1.807, 2.05) is 31.2 Å². The molecular weight excluding hydrogens is 272 g/mol. The van der Waals surface area contributed by atoms with Gasteiger partial charge in [-0.05, 0) is 47.8 Å². The van der Waals surface area contributed by atoms with Crippen LogP contribution >= 0.6 is 11.6 Å². The zero-order chi connectivity index (χ0) is 15.3. The summed E-state index contributed by atoms with van der Waals surface area (Å²) in [4.78, 5) is 0. The SMILES string of the molecule is C=C(C(=C)N(C)O)/C(Cc1ccc(Cl)cc1)=C(/C)C=N. The lowest BCUT2D eigenvalue weighted by Crippen LogP contribution is -2.14. The largest absolute Gasteiger partial charge is 0.308 e. The van der Waals surface area contributed by atoms with E-state index in [-0.39, 0.29) is 0 Å². The van der Waals surface area contributed by atoms with Crippen molar-refractivity contribution in [2.75, 3.05) is 7.05 Å². The standard InChI is InChI=1S/C16H19ClN2O/c1-11(10-18)16(12(2)13(3)19(4)20)9-14-5-7-15(17)8-6-14/h5-8,10,18,20H,2-3,9H2,1,4H3/b16-11-,18-10?. The Bertz CT molecular complexity index is 556. The smallest absolute Gasteiger partial charge is 0.0628 e. The zero-order valence-corrected chi connectivity index (χ0v) is 12.5. The van der Waals surface area contributed by atoms with Gasteiger partial charge in [0.2, 0.25) is 0 Å². The van der Waals surface area contributed by atoms with Gasteiger partial charge in [-0.3, -0.25) is 10.3 Å². The summed E-state index contributed by atoms with van der Waals surface area (Å²) in [6.07, 6.45) is 1.88. The van der Waals surface area contributed by atoms with Gasteiger partial charge in [-0.1, -0.05) is 36.9 Å². The van der Waals surface area contributed by atoms with E-state index in [1.165, 1.54) is 13.3 Å². The van der Waals surface area contributed by atoms with E-state index >= 15 is 0 Å². The van der Waals surface area contributed by atoms with E-state index in [9.17, 15) is 5.21 Å². The minimum Gasteiger partial charge on any atom is -0.308 e. The van der Waals surface area contributed by atoms with Crippen molar-refractivity contribution in [2.45, 2.75) is 13.3 Å². The first-order chi connectivity index (χ1) is 9.36. The van der Waals surface area contributed by atoms with Gasteiger partial charge in [-0.2, -0.15) is 0 Å². The molecule has 4 heteroatoms. The minimum atomic E-state index is 0.412. The van der Waals surface area contributed by atoms with E-state index in [1.54, 1.807) is 0 Å². The van der Waals surface area contributed by atoms with Crippen molar-refractivity contribution in [3.05, 3.63) is 70.4 Å². The Morgan fingerprint density at radius 1 is 1.35 bits per heavy atom. The second-order valence-corrected chi connectivity index (χ2v) is 4.99. The van der Waals surface area contributed by atoms with Gasteiger partial charge in [-0.25, -0.2) is 0 Å². The van der Waals surface area contributed by atoms with Gasteiger partial charge in [0.25, 0.3) is 0 Å². The highest BCUT2D eigenvalue weighted by molar-refractivity contribution is 6.30. The van der Waals surface area contributed by atoms with Crippen LogP contribution < -0.4 is 0 Å². The molecule has 0 unspecified atom stereocenters. The molecule has 0 bridgehead atoms. The highest BCUT2D eigenvalue weighted by atomic mass is 35.5. The Labute approximate surface area is 125 Å². The van der Waals surface area contributed by atoms with Crippen molar-refractivity contribution in [1.82, 2.24) is 5.06 Å². The number of benzene rings is 1. The van der Waals surface area contributed by atoms with Crippen LogP contribution in [0.4, 0.5) is 0 Å². The van der Waals surface area contributed by atoms with E-state index in [0.29, 0.717) is 22.7 Å². The normalized spacial score (nSPS) is 11.6. The molecule has 2 N–H and O–H groups in total. The molecule has 3 nitrogen and oxygen atoms in total. The van der Waals surface area contributed by atoms with Gasteiger partial charge in [0.05, 0.1) is 5.70 Å². The van der Waals surface area contributed by atoms with Crippen LogP contribution in [0.25, 0.3) is 0 Å². The molecule has 0 saturated heterocycles. The summed E-state index contributed by atoms with van der Waals surface area (Å²) in [5.41, 5.74) is 3.74. The first-order valence-corrected chi connectivity index (χ1v) is 6.50. The maximum absolute atomic E-state index is 9.47. The number of allylic oxidation sites excluding steroid dienone is 2. The summed E-state index contributed by atoms with van der Waals surface area (Å²) in [5, 5.41) is 18.5. The molecule has 0 atom stereocenters. The first-order valence-electron chi connectivity index (χ1n) is 6.12. The molecule has 0 fully saturated rings. The predicted octanol–water partition coefficient (Wildman–Crippen LogP) is 4.24. The van der Waals surface area contributed by atoms with Gasteiger partial charge in [0.1, 0.15) is 0 Å². The Hall–Kier alpha value is -1.84. The molecule has 0 aliphatic rings. The van der Waals surface area contributed by atoms with Crippen LogP contribution in [-0.2, 0) is 6.42 Å². The van der Waals surface area contributed by atoms with Crippen LogP contribution in [0.1, 0.15) is 12.5 Å². The first kappa shape index (κ1) is 16.2. The van der Waals surface area contributed by atoms with Gasteiger partial charge < -0.3 is 5.41 Å². The van der Waals surface area contributed by atoms with Crippen molar-refractivity contribution in [3.63, 3.8) is 0 Å². The Kier molecular flexibility index (Phi) is 5.74. The molecule has 0 aliphatic carbocycles. The summed E-state index contributed by atoms with van der Waals surface area (Å²) in [5.74, 6) is 0. The molecule has 0 aromatic heterocycles. The van der Waals surface area contributed by atoms with Crippen molar-refractivity contribution in [1.29, 1.82) is 5.41 Å². The molecule has 0 radical (unpaired) electrons. The fraction of sp³-hybridized carbons (Fsp3) is 0.188. The topological polar surface area (TPSA) is 47.3 Å². The maximum atomic E-state index is 9.47. The molecule has 0 amide bonds. The second kappa shape index (κ2) is 7.08. The summed E-state index contributed by atoms with van der Waals surface area (Å²) in [7, 11) is 1.49. The number of halogens is 1. The third kappa shape index (κ3) is 4.08. The van der Waals surface area contributed by atoms with Gasteiger partial charge in [0.15, 0.2) is 0 Å². The fourth-order valence-corrected chi connectivity index (χ4v) is 1.87. The average molecular weight is 291 g/mol. The monoisotopic (exact) mass is 290 g/mol. The Morgan fingerprint density at radius 2 is 1.90 bits per heavy atom. The number of hydrogen-bond acceptors (Lipinski definition) is 3. The number of nitrogens with one attached hydrogen (secondary N) is 1. The van der Waals surface area contributed by atoms with Crippen LogP contribution in [0.15, 0.2) is 59.8 Å². The maximum Gasteiger partial charge on any atom is 0.0628 e. The molecule has 1 aromatic rings. The van der Waals surface area contributed by atoms with Crippen molar-refractivity contribution in [3.8, 4) is 0 Å². The summed E-state index contributed by atoms with van der Waals surface area (Å²) >= 11 is 5.87. The van der Waals surface area contributed by atoms with Crippen LogP contribution in [0, 0.1) is 5.41 Å². The summed E-state index contributed by atoms with van der Waals surface area (Å²) < 4.78 is 0. The van der Waals surface area contributed by atoms with Gasteiger partial charge >= 0.3 is 0 Å². The van der Waals surface area contributed by atoms with Crippen LogP contribution in [-0.4, -0.2) is 23.5 Å². The quantitative estimate of drug-likeness (QED) is 0.468. The van der Waals surface area contributed by atoms with E-state index in [0.717, 1.165) is 21.8 Å². The Morgan fingerprint density at radius 3 is 2.35 bits per heavy atom. The molecule has 0 heterocycles. The fourth-order valence-electron chi connectivity index (χ4n) is 1.75. The lowest BCUT2D eigenvalue weighted by molar-refractivity contribution is -0.0243. The Balaban J connectivity index is 3.09. The molecular formula is C16H19ClN2O. The molecule has 106 valence electrons. The minimum absolute atomic E-state index is 0.412. The van der Waals surface area contributed by atoms with Gasteiger partial charge in [0, 0.05) is 18.3 Å². The molecule has 0 aliphatic heterocycles. The van der Waals surface area contributed by atoms with Crippen molar-refractivity contribution >= 4 is 17.8 Å². The number of nitrogens with zero attached hydrogens (tertiary/aromatic N) is 1. The zero-order valence-electron chi connectivity index (χ0n) is 11.8. The highest BCUT2D eigenvalue weighted by Crippen LogP contribution is 2.25. The lowest BCUT2D eigenvalue weighted by atomic mass is 9.93. The molecule has 0 saturated carbocycles. The van der Waals surface area contributed by atoms with Crippen molar-refractivity contribution < 1.29 is 5.21 Å². The molecule has 0 spiro atoms. The van der Waals surface area contributed by atoms with E-state index in [4.69, 9.17) is 17.0 Å². The van der Waals surface area contributed by atoms with Crippen LogP contribution in [0.3, 0.4) is 0 Å². The molecule has 1 aromatic carbocycles. The lowest BCUT2D eigenvalue weighted by Gasteiger charge is -2.20. The summed E-state index contributed by atoms with van der Waals surface area (Å²) in [6.45, 7) is 9.61. The van der Waals surface area contributed by atoms with Crippen molar-refractivity contribution in [2.24, 2.45) is 0 Å². The second-order valence-electron chi connectivity index (χ2n) is 4.56. The average Bonchev–Trinajstić information content (AvgIpc) is 2.44. The molecule has 1 rings (SSSR count).